The van der Waals surface area contributed by atoms with Gasteiger partial charge in [0.25, 0.3) is 5.91 Å². The molecule has 0 unspecified atom stereocenters. The fraction of sp³-hybridized carbons (Fsp3) is 0. The molecular formula is C12H5Cl4NO3S. The van der Waals surface area contributed by atoms with Crippen molar-refractivity contribution in [2.75, 3.05) is 5.32 Å². The van der Waals surface area contributed by atoms with E-state index in [2.05, 4.69) is 5.32 Å². The van der Waals surface area contributed by atoms with Gasteiger partial charge in [0.2, 0.25) is 0 Å². The number of nitrogens with one attached hydrogen (secondary N) is 1. The van der Waals surface area contributed by atoms with Gasteiger partial charge in [-0.2, -0.15) is 0 Å². The number of carbonyl (C=O) groups excluding carboxylic acids is 1. The fourth-order valence-corrected chi connectivity index (χ4v) is 3.53. The van der Waals surface area contributed by atoms with Crippen molar-refractivity contribution in [2.24, 2.45) is 0 Å². The summed E-state index contributed by atoms with van der Waals surface area (Å²) >= 11 is 24.6. The van der Waals surface area contributed by atoms with Gasteiger partial charge in [-0.15, -0.1) is 11.3 Å². The summed E-state index contributed by atoms with van der Waals surface area (Å²) in [5.41, 5.74) is 0.201. The number of carboxylic acid groups (broad SMARTS) is 1. The summed E-state index contributed by atoms with van der Waals surface area (Å²) in [5, 5.41) is 11.4. The van der Waals surface area contributed by atoms with E-state index in [-0.39, 0.29) is 31.2 Å². The maximum absolute atomic E-state index is 12.1. The Hall–Kier alpha value is -0.980. The lowest BCUT2D eigenvalue weighted by atomic mass is 10.2. The van der Waals surface area contributed by atoms with Gasteiger partial charge in [-0.25, -0.2) is 4.79 Å². The summed E-state index contributed by atoms with van der Waals surface area (Å²) in [5.74, 6) is -1.72. The molecule has 2 N–H and O–H groups in total. The molecule has 4 nitrogen and oxygen atoms in total. The zero-order valence-electron chi connectivity index (χ0n) is 9.92. The van der Waals surface area contributed by atoms with Crippen molar-refractivity contribution in [1.29, 1.82) is 0 Å². The Balaban J connectivity index is 2.34. The Kier molecular flexibility index (Phi) is 5.01. The SMILES string of the molecule is O=C(O)c1cc(Cl)c(NC(=O)c2cc(Cl)sc2Cl)c(Cl)c1. The third kappa shape index (κ3) is 3.62. The van der Waals surface area contributed by atoms with Crippen LogP contribution in [0.5, 0.6) is 0 Å². The average molecular weight is 385 g/mol. The van der Waals surface area contributed by atoms with Crippen LogP contribution in [0.25, 0.3) is 0 Å². The molecule has 0 bridgehead atoms. The Morgan fingerprint density at radius 3 is 2.05 bits per heavy atom. The van der Waals surface area contributed by atoms with Gasteiger partial charge in [-0.05, 0) is 18.2 Å². The van der Waals surface area contributed by atoms with E-state index in [1.54, 1.807) is 0 Å². The maximum Gasteiger partial charge on any atom is 0.335 e. The van der Waals surface area contributed by atoms with Crippen LogP contribution in [0.2, 0.25) is 18.7 Å². The molecule has 1 aromatic heterocycles. The molecule has 2 aromatic rings. The second-order valence-corrected chi connectivity index (χ2v) is 6.91. The van der Waals surface area contributed by atoms with Gasteiger partial charge >= 0.3 is 5.97 Å². The number of carboxylic acids is 1. The summed E-state index contributed by atoms with van der Waals surface area (Å²) in [7, 11) is 0. The number of anilines is 1. The zero-order chi connectivity index (χ0) is 15.7. The lowest BCUT2D eigenvalue weighted by Crippen LogP contribution is -2.12. The van der Waals surface area contributed by atoms with Gasteiger partial charge in [-0.1, -0.05) is 46.4 Å². The van der Waals surface area contributed by atoms with Gasteiger partial charge in [0.05, 0.1) is 31.2 Å². The number of amides is 1. The van der Waals surface area contributed by atoms with Crippen LogP contribution in [0.3, 0.4) is 0 Å². The summed E-state index contributed by atoms with van der Waals surface area (Å²) in [6, 6.07) is 3.79. The lowest BCUT2D eigenvalue weighted by molar-refractivity contribution is 0.0696. The lowest BCUT2D eigenvalue weighted by Gasteiger charge is -2.10. The molecule has 0 atom stereocenters. The number of thiophene rings is 1. The van der Waals surface area contributed by atoms with Crippen LogP contribution < -0.4 is 5.32 Å². The number of aromatic carboxylic acids is 1. The molecule has 1 aromatic carbocycles. The number of hydrogen-bond donors (Lipinski definition) is 2. The van der Waals surface area contributed by atoms with Crippen molar-refractivity contribution in [1.82, 2.24) is 0 Å². The summed E-state index contributed by atoms with van der Waals surface area (Å²) < 4.78 is 0.593. The van der Waals surface area contributed by atoms with E-state index in [1.807, 2.05) is 0 Å². The molecular weight excluding hydrogens is 380 g/mol. The highest BCUT2D eigenvalue weighted by Gasteiger charge is 2.18. The van der Waals surface area contributed by atoms with Gasteiger partial charge in [0.1, 0.15) is 4.34 Å². The van der Waals surface area contributed by atoms with Crippen LogP contribution in [0.4, 0.5) is 5.69 Å². The molecule has 1 amide bonds. The second-order valence-electron chi connectivity index (χ2n) is 3.81. The second kappa shape index (κ2) is 6.42. The van der Waals surface area contributed by atoms with Gasteiger partial charge in [-0.3, -0.25) is 4.79 Å². The van der Waals surface area contributed by atoms with E-state index in [1.165, 1.54) is 18.2 Å². The largest absolute Gasteiger partial charge is 0.478 e. The normalized spacial score (nSPS) is 10.5. The molecule has 0 spiro atoms. The van der Waals surface area contributed by atoms with Crippen molar-refractivity contribution >= 4 is 75.3 Å². The van der Waals surface area contributed by atoms with Crippen LogP contribution in [0.1, 0.15) is 20.7 Å². The minimum Gasteiger partial charge on any atom is -0.478 e. The first-order chi connectivity index (χ1) is 9.79. The van der Waals surface area contributed by atoms with Crippen molar-refractivity contribution < 1.29 is 14.7 Å². The third-order valence-corrected chi connectivity index (χ3v) is 4.51. The van der Waals surface area contributed by atoms with Crippen LogP contribution in [0, 0.1) is 0 Å². The van der Waals surface area contributed by atoms with Crippen LogP contribution >= 0.6 is 57.7 Å². The monoisotopic (exact) mass is 383 g/mol. The Bertz CT molecular complexity index is 721. The molecule has 0 saturated heterocycles. The van der Waals surface area contributed by atoms with Gasteiger partial charge in [0.15, 0.2) is 0 Å². The summed E-state index contributed by atoms with van der Waals surface area (Å²) in [6.45, 7) is 0. The number of halogens is 4. The number of hydrogen-bond acceptors (Lipinski definition) is 3. The smallest absolute Gasteiger partial charge is 0.335 e. The van der Waals surface area contributed by atoms with E-state index in [0.717, 1.165) is 11.3 Å². The van der Waals surface area contributed by atoms with E-state index in [4.69, 9.17) is 51.5 Å². The first-order valence-electron chi connectivity index (χ1n) is 5.28. The Morgan fingerprint density at radius 1 is 1.05 bits per heavy atom. The predicted octanol–water partition coefficient (Wildman–Crippen LogP) is 5.31. The summed E-state index contributed by atoms with van der Waals surface area (Å²) in [6.07, 6.45) is 0. The highest BCUT2D eigenvalue weighted by atomic mass is 35.5. The molecule has 0 aliphatic heterocycles. The quantitative estimate of drug-likeness (QED) is 0.753. The van der Waals surface area contributed by atoms with E-state index in [9.17, 15) is 9.59 Å². The predicted molar refractivity (Wildman–Crippen MR) is 85.7 cm³/mol. The molecule has 2 rings (SSSR count). The van der Waals surface area contributed by atoms with E-state index in [0.29, 0.717) is 4.34 Å². The molecule has 21 heavy (non-hydrogen) atoms. The Morgan fingerprint density at radius 2 is 1.62 bits per heavy atom. The first kappa shape index (κ1) is 16.4. The number of carbonyl (C=O) groups is 2. The molecule has 9 heteroatoms. The minimum absolute atomic E-state index is 0.00528. The average Bonchev–Trinajstić information content (AvgIpc) is 2.72. The third-order valence-electron chi connectivity index (χ3n) is 2.43. The van der Waals surface area contributed by atoms with Gasteiger partial charge in [0, 0.05) is 0 Å². The molecule has 110 valence electrons. The fourth-order valence-electron chi connectivity index (χ4n) is 1.49. The van der Waals surface area contributed by atoms with Crippen LogP contribution in [0.15, 0.2) is 18.2 Å². The highest BCUT2D eigenvalue weighted by Crippen LogP contribution is 2.35. The van der Waals surface area contributed by atoms with Crippen LogP contribution in [-0.4, -0.2) is 17.0 Å². The molecule has 0 aliphatic rings. The maximum atomic E-state index is 12.1. The first-order valence-corrected chi connectivity index (χ1v) is 7.61. The molecule has 0 fully saturated rings. The molecule has 1 heterocycles. The van der Waals surface area contributed by atoms with Crippen LogP contribution in [-0.2, 0) is 0 Å². The van der Waals surface area contributed by atoms with Crippen molar-refractivity contribution in [3.63, 3.8) is 0 Å². The van der Waals surface area contributed by atoms with Crippen molar-refractivity contribution in [2.45, 2.75) is 0 Å². The molecule has 0 aliphatic carbocycles. The van der Waals surface area contributed by atoms with E-state index >= 15 is 0 Å². The van der Waals surface area contributed by atoms with Gasteiger partial charge < -0.3 is 10.4 Å². The zero-order valence-corrected chi connectivity index (χ0v) is 13.8. The highest BCUT2D eigenvalue weighted by molar-refractivity contribution is 7.20. The molecule has 0 saturated carbocycles. The Labute approximate surface area is 143 Å². The number of benzene rings is 1. The minimum atomic E-state index is -1.18. The summed E-state index contributed by atoms with van der Waals surface area (Å²) in [4.78, 5) is 23.0. The number of rotatable bonds is 3. The van der Waals surface area contributed by atoms with Crippen molar-refractivity contribution in [3.8, 4) is 0 Å². The molecule has 0 radical (unpaired) electrons. The van der Waals surface area contributed by atoms with E-state index < -0.39 is 11.9 Å². The van der Waals surface area contributed by atoms with Crippen molar-refractivity contribution in [3.05, 3.63) is 48.0 Å². The topological polar surface area (TPSA) is 66.4 Å². The standard InChI is InChI=1S/C12H5Cl4NO3S/c13-6-1-4(12(19)20)2-7(14)9(6)17-11(18)5-3-8(15)21-10(5)16/h1-3H,(H,17,18)(H,19,20).